The molecular formula is C31H38N8O3. The number of nitrogens with one attached hydrogen (secondary N) is 3. The van der Waals surface area contributed by atoms with Crippen LogP contribution in [-0.4, -0.2) is 81.8 Å². The van der Waals surface area contributed by atoms with E-state index < -0.39 is 0 Å². The summed E-state index contributed by atoms with van der Waals surface area (Å²) in [4.78, 5) is 23.7. The Bertz CT molecular complexity index is 1500. The van der Waals surface area contributed by atoms with Crippen LogP contribution in [0.25, 0.3) is 22.5 Å². The smallest absolute Gasteiger partial charge is 0.319 e. The van der Waals surface area contributed by atoms with Crippen LogP contribution in [-0.2, 0) is 17.7 Å². The number of ether oxygens (including phenoxy) is 1. The molecule has 220 valence electrons. The maximum Gasteiger partial charge on any atom is 0.319 e. The fraction of sp³-hybridized carbons (Fsp3) is 0.355. The van der Waals surface area contributed by atoms with E-state index in [2.05, 4.69) is 38.0 Å². The number of aliphatic hydroxyl groups is 1. The van der Waals surface area contributed by atoms with Gasteiger partial charge in [-0.2, -0.15) is 5.10 Å². The molecule has 2 amide bonds. The molecule has 0 radical (unpaired) electrons. The number of amides is 2. The lowest BCUT2D eigenvalue weighted by molar-refractivity contribution is 0.0384. The highest BCUT2D eigenvalue weighted by Crippen LogP contribution is 2.32. The average molecular weight is 571 g/mol. The minimum absolute atomic E-state index is 0.0343. The molecule has 3 heterocycles. The average Bonchev–Trinajstić information content (AvgIpc) is 3.42. The van der Waals surface area contributed by atoms with Gasteiger partial charge >= 0.3 is 6.03 Å². The van der Waals surface area contributed by atoms with Crippen molar-refractivity contribution < 1.29 is 14.6 Å². The van der Waals surface area contributed by atoms with Crippen molar-refractivity contribution in [3.05, 3.63) is 72.1 Å². The first-order chi connectivity index (χ1) is 20.5. The number of nitrogens with zero attached hydrogens (tertiary/aromatic N) is 5. The van der Waals surface area contributed by atoms with Crippen molar-refractivity contribution in [2.75, 3.05) is 56.6 Å². The third-order valence-corrected chi connectivity index (χ3v) is 7.11. The first kappa shape index (κ1) is 29.2. The van der Waals surface area contributed by atoms with Crippen LogP contribution < -0.4 is 16.0 Å². The van der Waals surface area contributed by atoms with Crippen LogP contribution in [0.3, 0.4) is 0 Å². The molecule has 11 nitrogen and oxygen atoms in total. The zero-order valence-electron chi connectivity index (χ0n) is 24.1. The monoisotopic (exact) mass is 570 g/mol. The zero-order valence-corrected chi connectivity index (χ0v) is 24.1. The van der Waals surface area contributed by atoms with Gasteiger partial charge in [-0.3, -0.25) is 9.58 Å². The van der Waals surface area contributed by atoms with Gasteiger partial charge in [-0.15, -0.1) is 0 Å². The molecule has 2 aromatic carbocycles. The third kappa shape index (κ3) is 7.49. The van der Waals surface area contributed by atoms with Crippen molar-refractivity contribution >= 4 is 23.4 Å². The summed E-state index contributed by atoms with van der Waals surface area (Å²) in [6.45, 7) is 9.25. The molecular weight excluding hydrogens is 532 g/mol. The summed E-state index contributed by atoms with van der Waals surface area (Å²) in [6.07, 6.45) is 4.58. The Labute approximate surface area is 246 Å². The van der Waals surface area contributed by atoms with Crippen LogP contribution in [0, 0.1) is 6.92 Å². The lowest BCUT2D eigenvalue weighted by atomic mass is 10.0. The maximum absolute atomic E-state index is 12.0. The molecule has 4 N–H and O–H groups in total. The van der Waals surface area contributed by atoms with Gasteiger partial charge in [0.1, 0.15) is 5.69 Å². The Balaban J connectivity index is 1.36. The Morgan fingerprint density at radius 2 is 1.95 bits per heavy atom. The van der Waals surface area contributed by atoms with Gasteiger partial charge in [0.2, 0.25) is 5.95 Å². The highest BCUT2D eigenvalue weighted by atomic mass is 16.5. The van der Waals surface area contributed by atoms with E-state index in [0.29, 0.717) is 24.7 Å². The van der Waals surface area contributed by atoms with Crippen LogP contribution in [0.2, 0.25) is 0 Å². The molecule has 0 atom stereocenters. The number of benzene rings is 2. The number of aliphatic hydroxyl groups excluding tert-OH is 1. The second-order valence-electron chi connectivity index (χ2n) is 10.2. The Hall–Kier alpha value is -4.32. The predicted molar refractivity (Wildman–Crippen MR) is 164 cm³/mol. The lowest BCUT2D eigenvalue weighted by Crippen LogP contribution is -2.37. The number of morpholine rings is 1. The van der Waals surface area contributed by atoms with Crippen molar-refractivity contribution in [1.82, 2.24) is 30.0 Å². The Morgan fingerprint density at radius 3 is 2.74 bits per heavy atom. The molecule has 0 aliphatic carbocycles. The van der Waals surface area contributed by atoms with E-state index in [0.717, 1.165) is 73.0 Å². The van der Waals surface area contributed by atoms with Gasteiger partial charge in [0, 0.05) is 61.1 Å². The Kier molecular flexibility index (Phi) is 9.75. The van der Waals surface area contributed by atoms with E-state index in [4.69, 9.17) is 14.8 Å². The van der Waals surface area contributed by atoms with Crippen molar-refractivity contribution in [2.24, 2.45) is 0 Å². The van der Waals surface area contributed by atoms with Gasteiger partial charge in [-0.1, -0.05) is 18.2 Å². The molecule has 5 rings (SSSR count). The summed E-state index contributed by atoms with van der Waals surface area (Å²) in [5.41, 5.74) is 6.92. The van der Waals surface area contributed by atoms with Gasteiger partial charge in [-0.05, 0) is 61.7 Å². The molecule has 42 heavy (non-hydrogen) atoms. The summed E-state index contributed by atoms with van der Waals surface area (Å²) >= 11 is 0. The molecule has 1 aliphatic rings. The van der Waals surface area contributed by atoms with E-state index >= 15 is 0 Å². The third-order valence-electron chi connectivity index (χ3n) is 7.11. The number of aromatic nitrogens is 4. The highest BCUT2D eigenvalue weighted by Gasteiger charge is 2.17. The van der Waals surface area contributed by atoms with Crippen LogP contribution in [0.5, 0.6) is 0 Å². The van der Waals surface area contributed by atoms with Gasteiger partial charge in [-0.25, -0.2) is 14.8 Å². The fourth-order valence-electron chi connectivity index (χ4n) is 4.93. The van der Waals surface area contributed by atoms with Crippen LogP contribution in [0.15, 0.2) is 60.9 Å². The number of carbonyl (C=O) groups is 1. The molecule has 4 aromatic rings. The second-order valence-corrected chi connectivity index (χ2v) is 10.2. The number of carbonyl (C=O) groups excluding carboxylic acids is 1. The van der Waals surface area contributed by atoms with E-state index in [9.17, 15) is 9.90 Å². The van der Waals surface area contributed by atoms with E-state index in [-0.39, 0.29) is 12.6 Å². The maximum atomic E-state index is 12.0. The van der Waals surface area contributed by atoms with Crippen molar-refractivity contribution in [2.45, 2.75) is 26.8 Å². The summed E-state index contributed by atoms with van der Waals surface area (Å²) in [5, 5.41) is 23.3. The molecule has 1 saturated heterocycles. The Morgan fingerprint density at radius 1 is 1.10 bits per heavy atom. The molecule has 11 heteroatoms. The molecule has 1 aliphatic heterocycles. The molecule has 0 bridgehead atoms. The topological polar surface area (TPSA) is 129 Å². The van der Waals surface area contributed by atoms with Crippen LogP contribution >= 0.6 is 0 Å². The molecule has 0 unspecified atom stereocenters. The molecule has 0 spiro atoms. The lowest BCUT2D eigenvalue weighted by Gasteiger charge is -2.26. The van der Waals surface area contributed by atoms with Gasteiger partial charge in [0.05, 0.1) is 32.1 Å². The van der Waals surface area contributed by atoms with Crippen molar-refractivity contribution in [3.8, 4) is 22.5 Å². The number of rotatable bonds is 11. The number of anilines is 3. The van der Waals surface area contributed by atoms with E-state index in [1.54, 1.807) is 10.9 Å². The normalized spacial score (nSPS) is 13.6. The number of hydrogen-bond acceptors (Lipinski definition) is 8. The summed E-state index contributed by atoms with van der Waals surface area (Å²) in [6, 6.07) is 15.7. The number of urea groups is 1. The SMILES string of the molecule is CCNC(=O)Nc1ccc(-c2nn(CCO)cc2-c2ccnc(Nc3cccc(CCN4CCOCC4)c3)n2)cc1C. The molecule has 1 fully saturated rings. The minimum Gasteiger partial charge on any atom is -0.394 e. The largest absolute Gasteiger partial charge is 0.394 e. The summed E-state index contributed by atoms with van der Waals surface area (Å²) in [7, 11) is 0. The van der Waals surface area contributed by atoms with Crippen LogP contribution in [0.4, 0.5) is 22.1 Å². The fourth-order valence-corrected chi connectivity index (χ4v) is 4.93. The molecule has 0 saturated carbocycles. The van der Waals surface area contributed by atoms with Gasteiger partial charge in [0.25, 0.3) is 0 Å². The zero-order chi connectivity index (χ0) is 29.3. The van der Waals surface area contributed by atoms with Gasteiger partial charge in [0.15, 0.2) is 0 Å². The van der Waals surface area contributed by atoms with Crippen molar-refractivity contribution in [3.63, 3.8) is 0 Å². The quantitative estimate of drug-likeness (QED) is 0.212. The van der Waals surface area contributed by atoms with Crippen molar-refractivity contribution in [1.29, 1.82) is 0 Å². The van der Waals surface area contributed by atoms with E-state index in [1.807, 2.05) is 56.4 Å². The number of aryl methyl sites for hydroxylation is 1. The first-order valence-corrected chi connectivity index (χ1v) is 14.4. The second kappa shape index (κ2) is 14.0. The summed E-state index contributed by atoms with van der Waals surface area (Å²) in [5.74, 6) is 0.483. The highest BCUT2D eigenvalue weighted by molar-refractivity contribution is 5.91. The standard InChI is InChI=1S/C31H38N8O3/c1-3-32-31(41)36-27-8-7-24(19-22(27)2)29-26(21-39(37-29)13-16-40)28-9-11-33-30(35-28)34-25-6-4-5-23(20-25)10-12-38-14-17-42-18-15-38/h4-9,11,19-21,40H,3,10,12-18H2,1-2H3,(H2,32,36,41)(H,33,34,35). The number of hydrogen-bond donors (Lipinski definition) is 4. The predicted octanol–water partition coefficient (Wildman–Crippen LogP) is 4.07. The van der Waals surface area contributed by atoms with E-state index in [1.165, 1.54) is 5.56 Å². The molecule has 2 aromatic heterocycles. The minimum atomic E-state index is -0.245. The first-order valence-electron chi connectivity index (χ1n) is 14.4. The van der Waals surface area contributed by atoms with Gasteiger partial charge < -0.3 is 25.8 Å². The summed E-state index contributed by atoms with van der Waals surface area (Å²) < 4.78 is 7.17. The van der Waals surface area contributed by atoms with Crippen LogP contribution in [0.1, 0.15) is 18.1 Å².